The van der Waals surface area contributed by atoms with Gasteiger partial charge in [0.2, 0.25) is 4.96 Å². The first kappa shape index (κ1) is 29.2. The van der Waals surface area contributed by atoms with Crippen molar-refractivity contribution in [2.24, 2.45) is 0 Å². The average molecular weight is 604 g/mol. The van der Waals surface area contributed by atoms with E-state index in [1.807, 2.05) is 92.0 Å². The number of thiazole rings is 1. The molecular weight excluding hydrogens is 570 g/mol. The summed E-state index contributed by atoms with van der Waals surface area (Å²) in [6.07, 6.45) is 8.61. The second kappa shape index (κ2) is 13.2. The molecule has 0 aliphatic carbocycles. The van der Waals surface area contributed by atoms with Gasteiger partial charge >= 0.3 is 0 Å². The lowest BCUT2D eigenvalue weighted by Crippen LogP contribution is -2.28. The maximum atomic E-state index is 13.5. The molecule has 3 aromatic heterocycles. The van der Waals surface area contributed by atoms with E-state index in [0.29, 0.717) is 17.6 Å². The molecule has 0 amide bonds. The van der Waals surface area contributed by atoms with Gasteiger partial charge < -0.3 is 4.74 Å². The summed E-state index contributed by atoms with van der Waals surface area (Å²) in [6, 6.07) is 25.6. The zero-order chi connectivity index (χ0) is 30.5. The fourth-order valence-corrected chi connectivity index (χ4v) is 5.85. The van der Waals surface area contributed by atoms with Crippen molar-refractivity contribution in [3.05, 3.63) is 133 Å². The van der Waals surface area contributed by atoms with E-state index in [2.05, 4.69) is 17.0 Å². The minimum absolute atomic E-state index is 0.234. The normalized spacial score (nSPS) is 11.8. The number of rotatable bonds is 11. The van der Waals surface area contributed by atoms with Crippen LogP contribution in [0.15, 0.2) is 94.6 Å². The molecule has 222 valence electrons. The van der Waals surface area contributed by atoms with Crippen LogP contribution < -0.4 is 20.4 Å². The summed E-state index contributed by atoms with van der Waals surface area (Å²) in [6.45, 7) is 4.89. The lowest BCUT2D eigenvalue weighted by molar-refractivity contribution is 0.305. The van der Waals surface area contributed by atoms with Crippen molar-refractivity contribution < 1.29 is 4.74 Å². The van der Waals surface area contributed by atoms with Gasteiger partial charge in [-0.3, -0.25) is 9.59 Å². The topological polar surface area (TPSA) is 91.4 Å². The van der Waals surface area contributed by atoms with Crippen LogP contribution in [0.5, 0.6) is 5.75 Å². The summed E-state index contributed by atoms with van der Waals surface area (Å²) >= 11 is 1.14. The van der Waals surface area contributed by atoms with Crippen LogP contribution >= 0.6 is 11.3 Å². The van der Waals surface area contributed by atoms with Gasteiger partial charge in [0.25, 0.3) is 11.1 Å². The Kier molecular flexibility index (Phi) is 8.74. The maximum Gasteiger partial charge on any atom is 0.296 e. The molecule has 0 bridgehead atoms. The zero-order valence-corrected chi connectivity index (χ0v) is 25.6. The number of nitrogens with zero attached hydrogens (tertiary/aromatic N) is 5. The van der Waals surface area contributed by atoms with Crippen LogP contribution in [0.3, 0.4) is 0 Å². The summed E-state index contributed by atoms with van der Waals surface area (Å²) in [4.78, 5) is 30.8. The first-order valence-corrected chi connectivity index (χ1v) is 15.7. The third-order valence-electron chi connectivity index (χ3n) is 7.39. The Morgan fingerprint density at radius 2 is 1.66 bits per heavy atom. The minimum Gasteiger partial charge on any atom is -0.494 e. The molecule has 0 aliphatic rings. The van der Waals surface area contributed by atoms with Gasteiger partial charge in [-0.2, -0.15) is 19.7 Å². The van der Waals surface area contributed by atoms with Crippen molar-refractivity contribution in [3.8, 4) is 22.7 Å². The molecule has 0 fully saturated rings. The number of benzene rings is 3. The monoisotopic (exact) mass is 603 g/mol. The van der Waals surface area contributed by atoms with E-state index in [0.717, 1.165) is 63.6 Å². The van der Waals surface area contributed by atoms with Crippen LogP contribution in [-0.4, -0.2) is 31.0 Å². The molecule has 0 N–H and O–H groups in total. The Morgan fingerprint density at radius 3 is 2.41 bits per heavy atom. The van der Waals surface area contributed by atoms with E-state index in [-0.39, 0.29) is 16.2 Å². The molecule has 9 heteroatoms. The van der Waals surface area contributed by atoms with Crippen LogP contribution in [0.1, 0.15) is 55.0 Å². The maximum absolute atomic E-state index is 13.5. The highest BCUT2D eigenvalue weighted by Crippen LogP contribution is 2.26. The number of hydrogen-bond donors (Lipinski definition) is 0. The summed E-state index contributed by atoms with van der Waals surface area (Å²) in [5.41, 5.74) is 4.81. The molecule has 3 heterocycles. The zero-order valence-electron chi connectivity index (χ0n) is 24.8. The lowest BCUT2D eigenvalue weighted by Gasteiger charge is -2.07. The summed E-state index contributed by atoms with van der Waals surface area (Å²) in [7, 11) is 0. The van der Waals surface area contributed by atoms with Crippen LogP contribution in [0.25, 0.3) is 28.0 Å². The summed E-state index contributed by atoms with van der Waals surface area (Å²) in [5.74, 6) is 0.813. The van der Waals surface area contributed by atoms with Crippen LogP contribution in [0, 0.1) is 6.92 Å². The van der Waals surface area contributed by atoms with Gasteiger partial charge in [-0.25, -0.2) is 4.68 Å². The van der Waals surface area contributed by atoms with E-state index < -0.39 is 5.56 Å². The van der Waals surface area contributed by atoms with Crippen molar-refractivity contribution in [1.29, 1.82) is 0 Å². The number of para-hydroxylation sites is 1. The molecule has 6 rings (SSSR count). The highest BCUT2D eigenvalue weighted by Gasteiger charge is 2.15. The first-order chi connectivity index (χ1) is 21.5. The van der Waals surface area contributed by atoms with E-state index in [1.165, 1.54) is 17.4 Å². The largest absolute Gasteiger partial charge is 0.494 e. The van der Waals surface area contributed by atoms with Gasteiger partial charge in [0.1, 0.15) is 17.1 Å². The van der Waals surface area contributed by atoms with Gasteiger partial charge in [0.15, 0.2) is 0 Å². The highest BCUT2D eigenvalue weighted by atomic mass is 32.1. The van der Waals surface area contributed by atoms with Gasteiger partial charge in [0, 0.05) is 23.7 Å². The standard InChI is InChI=1S/C35H33N5O3S/c1-3-4-5-9-20-43-29-18-16-26(17-19-29)32-27(23-39(38-32)28-10-7-6-8-11-28)22-31-34(42)40-35(44-31)36-33(41)30(37-40)21-25-14-12-24(2)13-15-25/h6-8,10-19,22-23H,3-5,9,20-21H2,1-2H3/b31-22-. The van der Waals surface area contributed by atoms with Gasteiger partial charge in [-0.05, 0) is 61.4 Å². The molecule has 0 saturated carbocycles. The molecule has 8 nitrogen and oxygen atoms in total. The second-order valence-electron chi connectivity index (χ2n) is 10.8. The number of hydrogen-bond acceptors (Lipinski definition) is 7. The number of ether oxygens (including phenoxy) is 1. The number of aromatic nitrogens is 5. The molecule has 0 radical (unpaired) electrons. The van der Waals surface area contributed by atoms with Crippen molar-refractivity contribution in [3.63, 3.8) is 0 Å². The van der Waals surface area contributed by atoms with Crippen molar-refractivity contribution in [2.45, 2.75) is 46.0 Å². The summed E-state index contributed by atoms with van der Waals surface area (Å²) in [5, 5.41) is 9.32. The highest BCUT2D eigenvalue weighted by molar-refractivity contribution is 7.15. The van der Waals surface area contributed by atoms with Gasteiger partial charge in [-0.1, -0.05) is 85.6 Å². The number of unbranched alkanes of at least 4 members (excludes halogenated alkanes) is 3. The van der Waals surface area contributed by atoms with Crippen molar-refractivity contribution in [1.82, 2.24) is 24.4 Å². The van der Waals surface area contributed by atoms with E-state index >= 15 is 0 Å². The predicted molar refractivity (Wildman–Crippen MR) is 175 cm³/mol. The molecule has 0 unspecified atom stereocenters. The Balaban J connectivity index is 1.36. The Bertz CT molecular complexity index is 2050. The van der Waals surface area contributed by atoms with Crippen LogP contribution in [0.2, 0.25) is 0 Å². The third-order valence-corrected chi connectivity index (χ3v) is 8.35. The molecule has 6 aromatic rings. The lowest BCUT2D eigenvalue weighted by atomic mass is 10.1. The number of fused-ring (bicyclic) bond motifs is 1. The fraction of sp³-hybridized carbons (Fsp3) is 0.229. The molecule has 44 heavy (non-hydrogen) atoms. The molecule has 0 spiro atoms. The minimum atomic E-state index is -0.427. The third kappa shape index (κ3) is 6.53. The molecular formula is C35H33N5O3S. The Hall–Kier alpha value is -4.89. The van der Waals surface area contributed by atoms with Crippen LogP contribution in [-0.2, 0) is 6.42 Å². The van der Waals surface area contributed by atoms with E-state index in [1.54, 1.807) is 10.8 Å². The predicted octanol–water partition coefficient (Wildman–Crippen LogP) is 5.77. The first-order valence-electron chi connectivity index (χ1n) is 14.9. The quantitative estimate of drug-likeness (QED) is 0.175. The van der Waals surface area contributed by atoms with Crippen molar-refractivity contribution >= 4 is 22.4 Å². The van der Waals surface area contributed by atoms with Gasteiger partial charge in [0.05, 0.1) is 16.8 Å². The second-order valence-corrected chi connectivity index (χ2v) is 11.8. The Morgan fingerprint density at radius 1 is 0.886 bits per heavy atom. The fourth-order valence-electron chi connectivity index (χ4n) is 4.95. The molecule has 3 aromatic carbocycles. The molecule has 0 saturated heterocycles. The SMILES string of the molecule is CCCCCCOc1ccc(-c2nn(-c3ccccc3)cc2/C=c2\sc3nc(=O)c(Cc4ccc(C)cc4)nn3c2=O)cc1. The van der Waals surface area contributed by atoms with Gasteiger partial charge in [-0.15, -0.1) is 0 Å². The van der Waals surface area contributed by atoms with E-state index in [9.17, 15) is 9.59 Å². The summed E-state index contributed by atoms with van der Waals surface area (Å²) < 4.78 is 9.39. The smallest absolute Gasteiger partial charge is 0.296 e. The van der Waals surface area contributed by atoms with E-state index in [4.69, 9.17) is 9.84 Å². The molecule has 0 atom stereocenters. The van der Waals surface area contributed by atoms with Crippen LogP contribution in [0.4, 0.5) is 0 Å². The van der Waals surface area contributed by atoms with Crippen molar-refractivity contribution in [2.75, 3.05) is 6.61 Å². The number of aryl methyl sites for hydroxylation is 1. The Labute approximate surface area is 258 Å². The molecule has 0 aliphatic heterocycles. The average Bonchev–Trinajstić information content (AvgIpc) is 3.59.